The van der Waals surface area contributed by atoms with Crippen LogP contribution in [0.1, 0.15) is 45.2 Å². The Labute approximate surface area is 120 Å². The number of hydrogen-bond acceptors (Lipinski definition) is 3. The number of alkyl halides is 1. The van der Waals surface area contributed by atoms with Crippen LogP contribution >= 0.6 is 27.3 Å². The summed E-state index contributed by atoms with van der Waals surface area (Å²) in [7, 11) is 0. The van der Waals surface area contributed by atoms with Crippen molar-refractivity contribution in [1.82, 2.24) is 10.2 Å². The number of benzene rings is 1. The van der Waals surface area contributed by atoms with Crippen molar-refractivity contribution in [3.8, 4) is 0 Å². The molecule has 0 N–H and O–H groups in total. The van der Waals surface area contributed by atoms with E-state index in [4.69, 9.17) is 0 Å². The first-order chi connectivity index (χ1) is 8.78. The van der Waals surface area contributed by atoms with Gasteiger partial charge in [-0.25, -0.2) is 0 Å². The van der Waals surface area contributed by atoms with Crippen LogP contribution in [-0.2, 0) is 12.8 Å². The van der Waals surface area contributed by atoms with E-state index in [0.29, 0.717) is 10.7 Å². The Balaban J connectivity index is 1.80. The standard InChI is InChI=1S/C14H15BrN2S/c1-2-12(15)14-17-16-13(18-14)11-7-9-5-3-4-6-10(9)8-11/h3-6,11-12H,2,7-8H2,1H3. The van der Waals surface area contributed by atoms with E-state index >= 15 is 0 Å². The van der Waals surface area contributed by atoms with Gasteiger partial charge in [0, 0.05) is 5.92 Å². The van der Waals surface area contributed by atoms with Gasteiger partial charge in [-0.05, 0) is 30.4 Å². The molecule has 1 aromatic carbocycles. The fraction of sp³-hybridized carbons (Fsp3) is 0.429. The van der Waals surface area contributed by atoms with Gasteiger partial charge in [-0.1, -0.05) is 47.1 Å². The van der Waals surface area contributed by atoms with E-state index in [-0.39, 0.29) is 0 Å². The van der Waals surface area contributed by atoms with Crippen LogP contribution < -0.4 is 0 Å². The average Bonchev–Trinajstić information content (AvgIpc) is 3.03. The molecule has 3 rings (SSSR count). The molecule has 2 nitrogen and oxygen atoms in total. The van der Waals surface area contributed by atoms with Gasteiger partial charge in [0.15, 0.2) is 0 Å². The van der Waals surface area contributed by atoms with E-state index in [1.165, 1.54) is 16.1 Å². The van der Waals surface area contributed by atoms with Crippen molar-refractivity contribution in [2.24, 2.45) is 0 Å². The maximum atomic E-state index is 4.39. The summed E-state index contributed by atoms with van der Waals surface area (Å²) in [5, 5.41) is 11.0. The van der Waals surface area contributed by atoms with Crippen molar-refractivity contribution in [2.45, 2.75) is 36.9 Å². The van der Waals surface area contributed by atoms with Crippen LogP contribution in [0, 0.1) is 0 Å². The van der Waals surface area contributed by atoms with Gasteiger partial charge in [0.25, 0.3) is 0 Å². The molecule has 4 heteroatoms. The molecular formula is C14H15BrN2S. The third kappa shape index (κ3) is 2.24. The monoisotopic (exact) mass is 322 g/mol. The van der Waals surface area contributed by atoms with E-state index in [1.54, 1.807) is 11.3 Å². The van der Waals surface area contributed by atoms with Gasteiger partial charge < -0.3 is 0 Å². The maximum absolute atomic E-state index is 4.39. The Morgan fingerprint density at radius 3 is 2.56 bits per heavy atom. The first-order valence-electron chi connectivity index (χ1n) is 6.32. The molecule has 1 heterocycles. The highest BCUT2D eigenvalue weighted by Crippen LogP contribution is 2.37. The van der Waals surface area contributed by atoms with Crippen molar-refractivity contribution in [2.75, 3.05) is 0 Å². The molecule has 0 amide bonds. The summed E-state index contributed by atoms with van der Waals surface area (Å²) in [6, 6.07) is 8.71. The van der Waals surface area contributed by atoms with Crippen LogP contribution in [0.2, 0.25) is 0 Å². The highest BCUT2D eigenvalue weighted by Gasteiger charge is 2.26. The smallest absolute Gasteiger partial charge is 0.131 e. The molecule has 1 aromatic heterocycles. The van der Waals surface area contributed by atoms with Gasteiger partial charge in [-0.3, -0.25) is 0 Å². The zero-order chi connectivity index (χ0) is 12.5. The van der Waals surface area contributed by atoms with E-state index in [9.17, 15) is 0 Å². The Bertz CT molecular complexity index is 527. The van der Waals surface area contributed by atoms with Crippen LogP contribution in [0.4, 0.5) is 0 Å². The Kier molecular flexibility index (Phi) is 3.48. The fourth-order valence-corrected chi connectivity index (χ4v) is 3.82. The van der Waals surface area contributed by atoms with Crippen LogP contribution in [0.3, 0.4) is 0 Å². The molecule has 0 aliphatic heterocycles. The molecule has 1 aliphatic rings. The van der Waals surface area contributed by atoms with E-state index in [0.717, 1.165) is 24.3 Å². The van der Waals surface area contributed by atoms with Crippen molar-refractivity contribution in [3.05, 3.63) is 45.4 Å². The minimum Gasteiger partial charge on any atom is -0.143 e. The van der Waals surface area contributed by atoms with Gasteiger partial charge in [0.2, 0.25) is 0 Å². The second-order valence-electron chi connectivity index (χ2n) is 4.73. The zero-order valence-electron chi connectivity index (χ0n) is 10.3. The molecule has 1 unspecified atom stereocenters. The molecule has 0 fully saturated rings. The number of rotatable bonds is 3. The van der Waals surface area contributed by atoms with Crippen molar-refractivity contribution < 1.29 is 0 Å². The summed E-state index contributed by atoms with van der Waals surface area (Å²) in [6.45, 7) is 2.16. The predicted molar refractivity (Wildman–Crippen MR) is 78.5 cm³/mol. The summed E-state index contributed by atoms with van der Waals surface area (Å²) in [6.07, 6.45) is 3.29. The molecule has 94 valence electrons. The molecule has 0 bridgehead atoms. The number of aromatic nitrogens is 2. The lowest BCUT2D eigenvalue weighted by atomic mass is 10.1. The summed E-state index contributed by atoms with van der Waals surface area (Å²) < 4.78 is 0. The van der Waals surface area contributed by atoms with Crippen LogP contribution in [0.15, 0.2) is 24.3 Å². The van der Waals surface area contributed by atoms with E-state index in [1.807, 2.05) is 0 Å². The minimum absolute atomic E-state index is 0.354. The molecule has 0 saturated carbocycles. The summed E-state index contributed by atoms with van der Waals surface area (Å²) in [5.74, 6) is 0.533. The number of halogens is 1. The minimum atomic E-state index is 0.354. The van der Waals surface area contributed by atoms with Gasteiger partial charge in [0.05, 0.1) is 4.83 Å². The zero-order valence-corrected chi connectivity index (χ0v) is 12.7. The lowest BCUT2D eigenvalue weighted by Crippen LogP contribution is -1.96. The Morgan fingerprint density at radius 1 is 1.28 bits per heavy atom. The predicted octanol–water partition coefficient (Wildman–Crippen LogP) is 4.27. The van der Waals surface area contributed by atoms with Crippen molar-refractivity contribution in [3.63, 3.8) is 0 Å². The van der Waals surface area contributed by atoms with Gasteiger partial charge in [-0.2, -0.15) is 0 Å². The lowest BCUT2D eigenvalue weighted by molar-refractivity contribution is 0.718. The highest BCUT2D eigenvalue weighted by molar-refractivity contribution is 9.09. The Morgan fingerprint density at radius 2 is 1.94 bits per heavy atom. The Hall–Kier alpha value is -0.740. The second-order valence-corrected chi connectivity index (χ2v) is 6.87. The number of hydrogen-bond donors (Lipinski definition) is 0. The van der Waals surface area contributed by atoms with Crippen LogP contribution in [0.5, 0.6) is 0 Å². The third-order valence-corrected chi connectivity index (χ3v) is 6.07. The number of nitrogens with zero attached hydrogens (tertiary/aromatic N) is 2. The highest BCUT2D eigenvalue weighted by atomic mass is 79.9. The maximum Gasteiger partial charge on any atom is 0.131 e. The van der Waals surface area contributed by atoms with Crippen LogP contribution in [-0.4, -0.2) is 10.2 Å². The van der Waals surface area contributed by atoms with E-state index < -0.39 is 0 Å². The largest absolute Gasteiger partial charge is 0.143 e. The quantitative estimate of drug-likeness (QED) is 0.789. The first-order valence-corrected chi connectivity index (χ1v) is 8.05. The average molecular weight is 323 g/mol. The summed E-state index contributed by atoms with van der Waals surface area (Å²) in [5.41, 5.74) is 2.95. The molecule has 2 aromatic rings. The number of fused-ring (bicyclic) bond motifs is 1. The first kappa shape index (κ1) is 12.3. The second kappa shape index (κ2) is 5.10. The van der Waals surface area contributed by atoms with Gasteiger partial charge in [-0.15, -0.1) is 21.5 Å². The van der Waals surface area contributed by atoms with Gasteiger partial charge >= 0.3 is 0 Å². The SMILES string of the molecule is CCC(Br)c1nnc(C2Cc3ccccc3C2)s1. The van der Waals surface area contributed by atoms with Crippen LogP contribution in [0.25, 0.3) is 0 Å². The van der Waals surface area contributed by atoms with Crippen molar-refractivity contribution >= 4 is 27.3 Å². The summed E-state index contributed by atoms with van der Waals surface area (Å²) >= 11 is 5.41. The van der Waals surface area contributed by atoms with E-state index in [2.05, 4.69) is 57.3 Å². The molecule has 0 saturated heterocycles. The normalized spacial score (nSPS) is 16.8. The topological polar surface area (TPSA) is 25.8 Å². The van der Waals surface area contributed by atoms with Gasteiger partial charge in [0.1, 0.15) is 10.0 Å². The lowest BCUT2D eigenvalue weighted by Gasteiger charge is -2.02. The molecule has 0 radical (unpaired) electrons. The summed E-state index contributed by atoms with van der Waals surface area (Å²) in [4.78, 5) is 0.354. The molecular weight excluding hydrogens is 308 g/mol. The molecule has 0 spiro atoms. The third-order valence-electron chi connectivity index (χ3n) is 3.48. The fourth-order valence-electron chi connectivity index (χ4n) is 2.45. The molecule has 18 heavy (non-hydrogen) atoms. The molecule has 1 atom stereocenters. The molecule has 1 aliphatic carbocycles. The van der Waals surface area contributed by atoms with Crippen molar-refractivity contribution in [1.29, 1.82) is 0 Å².